The van der Waals surface area contributed by atoms with Gasteiger partial charge in [0.25, 0.3) is 5.91 Å². The number of nitrogens with one attached hydrogen (secondary N) is 1. The summed E-state index contributed by atoms with van der Waals surface area (Å²) < 4.78 is 10.5. The van der Waals surface area contributed by atoms with Crippen molar-refractivity contribution in [2.45, 2.75) is 19.1 Å². The van der Waals surface area contributed by atoms with Gasteiger partial charge in [-0.05, 0) is 25.1 Å². The largest absolute Gasteiger partial charge is 0.397 e. The minimum Gasteiger partial charge on any atom is -0.397 e. The second kappa shape index (κ2) is 5.56. The minimum absolute atomic E-state index is 0.00770. The van der Waals surface area contributed by atoms with Gasteiger partial charge in [0.2, 0.25) is 0 Å². The van der Waals surface area contributed by atoms with Gasteiger partial charge in [-0.2, -0.15) is 0 Å². The minimum atomic E-state index is -0.547. The van der Waals surface area contributed by atoms with Crippen molar-refractivity contribution in [1.29, 1.82) is 0 Å². The van der Waals surface area contributed by atoms with Gasteiger partial charge < -0.3 is 20.5 Å². The summed E-state index contributed by atoms with van der Waals surface area (Å²) in [6.07, 6.45) is -0.540. The van der Waals surface area contributed by atoms with Gasteiger partial charge in [0.05, 0.1) is 24.6 Å². The normalized spacial score (nSPS) is 17.0. The van der Waals surface area contributed by atoms with Crippen LogP contribution in [-0.2, 0) is 14.3 Å². The second-order valence-electron chi connectivity index (χ2n) is 4.16. The Bertz CT molecular complexity index is 449. The van der Waals surface area contributed by atoms with Gasteiger partial charge in [0, 0.05) is 5.02 Å². The average Bonchev–Trinajstić information content (AvgIpc) is 2.27. The maximum absolute atomic E-state index is 11.9. The van der Waals surface area contributed by atoms with Crippen molar-refractivity contribution >= 4 is 28.9 Å². The molecule has 98 valence electrons. The van der Waals surface area contributed by atoms with Crippen LogP contribution in [0.2, 0.25) is 5.02 Å². The third kappa shape index (κ3) is 3.13. The molecule has 1 saturated heterocycles. The first-order valence-electron chi connectivity index (χ1n) is 5.65. The smallest absolute Gasteiger partial charge is 0.253 e. The lowest BCUT2D eigenvalue weighted by molar-refractivity contribution is -0.161. The highest BCUT2D eigenvalue weighted by Gasteiger charge is 2.25. The summed E-state index contributed by atoms with van der Waals surface area (Å²) in [5.41, 5.74) is 6.71. The summed E-state index contributed by atoms with van der Waals surface area (Å²) in [5.74, 6) is -0.240. The summed E-state index contributed by atoms with van der Waals surface area (Å²) in [6, 6.07) is 4.91. The number of anilines is 2. The van der Waals surface area contributed by atoms with Crippen LogP contribution in [0.3, 0.4) is 0 Å². The van der Waals surface area contributed by atoms with E-state index in [1.165, 1.54) is 0 Å². The highest BCUT2D eigenvalue weighted by atomic mass is 35.5. The molecule has 0 radical (unpaired) electrons. The summed E-state index contributed by atoms with van der Waals surface area (Å²) >= 11 is 5.78. The summed E-state index contributed by atoms with van der Waals surface area (Å²) in [6.45, 7) is 2.78. The van der Waals surface area contributed by atoms with Crippen LogP contribution < -0.4 is 11.1 Å². The number of ether oxygens (including phenoxy) is 2. The van der Waals surface area contributed by atoms with Crippen LogP contribution in [0.1, 0.15) is 6.92 Å². The molecular weight excluding hydrogens is 256 g/mol. The van der Waals surface area contributed by atoms with Gasteiger partial charge in [-0.25, -0.2) is 0 Å². The van der Waals surface area contributed by atoms with E-state index < -0.39 is 6.10 Å². The molecule has 1 aromatic carbocycles. The number of carbonyl (C=O) groups is 1. The highest BCUT2D eigenvalue weighted by molar-refractivity contribution is 6.31. The molecule has 1 aliphatic heterocycles. The van der Waals surface area contributed by atoms with E-state index in [0.29, 0.717) is 29.6 Å². The maximum Gasteiger partial charge on any atom is 0.253 e. The fourth-order valence-corrected chi connectivity index (χ4v) is 1.71. The zero-order chi connectivity index (χ0) is 13.1. The fourth-order valence-electron chi connectivity index (χ4n) is 1.52. The Hall–Kier alpha value is -1.30. The number of nitrogen functional groups attached to an aromatic ring is 1. The zero-order valence-electron chi connectivity index (χ0n) is 9.98. The monoisotopic (exact) mass is 270 g/mol. The molecule has 0 bridgehead atoms. The molecule has 1 fully saturated rings. The molecule has 1 aliphatic rings. The highest BCUT2D eigenvalue weighted by Crippen LogP contribution is 2.23. The van der Waals surface area contributed by atoms with Crippen LogP contribution in [0.4, 0.5) is 11.4 Å². The Morgan fingerprint density at radius 3 is 2.89 bits per heavy atom. The summed E-state index contributed by atoms with van der Waals surface area (Å²) in [5, 5.41) is 3.23. The zero-order valence-corrected chi connectivity index (χ0v) is 10.7. The van der Waals surface area contributed by atoms with Crippen molar-refractivity contribution in [3.63, 3.8) is 0 Å². The Balaban J connectivity index is 1.92. The lowest BCUT2D eigenvalue weighted by Crippen LogP contribution is -2.41. The first kappa shape index (κ1) is 13.1. The molecule has 3 N–H and O–H groups in total. The van der Waals surface area contributed by atoms with Gasteiger partial charge in [-0.3, -0.25) is 4.79 Å². The van der Waals surface area contributed by atoms with Gasteiger partial charge in [-0.15, -0.1) is 0 Å². The van der Waals surface area contributed by atoms with E-state index in [2.05, 4.69) is 5.32 Å². The molecule has 0 aliphatic carbocycles. The number of halogens is 1. The Labute approximate surface area is 110 Å². The van der Waals surface area contributed by atoms with Crippen molar-refractivity contribution < 1.29 is 14.3 Å². The quantitative estimate of drug-likeness (QED) is 0.816. The van der Waals surface area contributed by atoms with Crippen LogP contribution in [0.15, 0.2) is 18.2 Å². The van der Waals surface area contributed by atoms with Gasteiger partial charge in [0.15, 0.2) is 0 Å². The van der Waals surface area contributed by atoms with Crippen molar-refractivity contribution in [2.75, 3.05) is 24.3 Å². The first-order chi connectivity index (χ1) is 8.56. The topological polar surface area (TPSA) is 73.6 Å². The Morgan fingerprint density at radius 1 is 1.61 bits per heavy atom. The van der Waals surface area contributed by atoms with Crippen LogP contribution in [0.5, 0.6) is 0 Å². The standard InChI is InChI=1S/C12H15ClN2O3/c1-7(18-9-5-17-6-9)12(16)15-11-3-2-8(13)4-10(11)14/h2-4,7,9H,5-6,14H2,1H3,(H,15,16). The van der Waals surface area contributed by atoms with Crippen LogP contribution in [0.25, 0.3) is 0 Å². The van der Waals surface area contributed by atoms with E-state index in [-0.39, 0.29) is 12.0 Å². The van der Waals surface area contributed by atoms with Crippen molar-refractivity contribution in [3.8, 4) is 0 Å². The number of rotatable bonds is 4. The molecule has 6 heteroatoms. The van der Waals surface area contributed by atoms with Crippen LogP contribution in [0, 0.1) is 0 Å². The SMILES string of the molecule is CC(OC1COC1)C(=O)Nc1ccc(Cl)cc1N. The molecule has 1 atom stereocenters. The Kier molecular flexibility index (Phi) is 4.06. The molecule has 0 aromatic heterocycles. The van der Waals surface area contributed by atoms with E-state index in [9.17, 15) is 4.79 Å². The first-order valence-corrected chi connectivity index (χ1v) is 6.03. The third-order valence-corrected chi connectivity index (χ3v) is 2.88. The molecule has 1 unspecified atom stereocenters. The van der Waals surface area contributed by atoms with E-state index in [0.717, 1.165) is 0 Å². The van der Waals surface area contributed by atoms with E-state index in [4.69, 9.17) is 26.8 Å². The second-order valence-corrected chi connectivity index (χ2v) is 4.60. The molecule has 1 heterocycles. The summed E-state index contributed by atoms with van der Waals surface area (Å²) in [7, 11) is 0. The molecule has 18 heavy (non-hydrogen) atoms. The third-order valence-electron chi connectivity index (χ3n) is 2.64. The van der Waals surface area contributed by atoms with Crippen LogP contribution >= 0.6 is 11.6 Å². The number of hydrogen-bond donors (Lipinski definition) is 2. The van der Waals surface area contributed by atoms with Gasteiger partial charge >= 0.3 is 0 Å². The molecule has 0 saturated carbocycles. The van der Waals surface area contributed by atoms with Crippen molar-refractivity contribution in [2.24, 2.45) is 0 Å². The lowest BCUT2D eigenvalue weighted by atomic mass is 10.2. The predicted octanol–water partition coefficient (Wildman–Crippen LogP) is 1.66. The molecule has 5 nitrogen and oxygen atoms in total. The molecule has 2 rings (SSSR count). The lowest BCUT2D eigenvalue weighted by Gasteiger charge is -2.28. The molecule has 0 spiro atoms. The number of benzene rings is 1. The molecular formula is C12H15ClN2O3. The van der Waals surface area contributed by atoms with E-state index >= 15 is 0 Å². The predicted molar refractivity (Wildman–Crippen MR) is 69.6 cm³/mol. The number of hydrogen-bond acceptors (Lipinski definition) is 4. The summed E-state index contributed by atoms with van der Waals surface area (Å²) in [4.78, 5) is 11.9. The number of amides is 1. The average molecular weight is 271 g/mol. The van der Waals surface area contributed by atoms with Gasteiger partial charge in [0.1, 0.15) is 12.2 Å². The maximum atomic E-state index is 11.9. The van der Waals surface area contributed by atoms with Crippen molar-refractivity contribution in [3.05, 3.63) is 23.2 Å². The molecule has 1 amide bonds. The van der Waals surface area contributed by atoms with Gasteiger partial charge in [-0.1, -0.05) is 11.6 Å². The fraction of sp³-hybridized carbons (Fsp3) is 0.417. The Morgan fingerprint density at radius 2 is 2.33 bits per heavy atom. The molecule has 1 aromatic rings. The number of carbonyl (C=O) groups excluding carboxylic acids is 1. The van der Waals surface area contributed by atoms with Crippen LogP contribution in [-0.4, -0.2) is 31.3 Å². The van der Waals surface area contributed by atoms with Crippen molar-refractivity contribution in [1.82, 2.24) is 0 Å². The van der Waals surface area contributed by atoms with E-state index in [1.54, 1.807) is 25.1 Å². The van der Waals surface area contributed by atoms with E-state index in [1.807, 2.05) is 0 Å². The number of nitrogens with two attached hydrogens (primary N) is 1.